The molecule has 0 saturated heterocycles. The van der Waals surface area contributed by atoms with Crippen LogP contribution in [0, 0.1) is 0 Å². The summed E-state index contributed by atoms with van der Waals surface area (Å²) in [5.74, 6) is 1.62. The van der Waals surface area contributed by atoms with E-state index in [2.05, 4.69) is 20.8 Å². The number of nitrogens with one attached hydrogen (secondary N) is 2. The molecule has 0 aliphatic rings. The molecule has 2 N–H and O–H groups in total. The Morgan fingerprint density at radius 2 is 2.11 bits per heavy atom. The summed E-state index contributed by atoms with van der Waals surface area (Å²) in [5.41, 5.74) is 0.820. The fourth-order valence-electron chi connectivity index (χ4n) is 2.43. The van der Waals surface area contributed by atoms with Crippen LogP contribution in [0.2, 0.25) is 0 Å². The summed E-state index contributed by atoms with van der Waals surface area (Å²) in [6.45, 7) is 0.395. The van der Waals surface area contributed by atoms with Crippen molar-refractivity contribution in [3.8, 4) is 17.1 Å². The van der Waals surface area contributed by atoms with Gasteiger partial charge in [0.25, 0.3) is 0 Å². The molecular weight excluding hydrogens is 382 g/mol. The van der Waals surface area contributed by atoms with Crippen molar-refractivity contribution in [3.05, 3.63) is 48.4 Å². The van der Waals surface area contributed by atoms with Crippen LogP contribution in [-0.4, -0.2) is 46.6 Å². The maximum Gasteiger partial charge on any atom is 0.321 e. The summed E-state index contributed by atoms with van der Waals surface area (Å²) in [6, 6.07) is 10.6. The van der Waals surface area contributed by atoms with Gasteiger partial charge in [-0.1, -0.05) is 23.9 Å². The minimum atomic E-state index is -0.556. The summed E-state index contributed by atoms with van der Waals surface area (Å²) in [5, 5.41) is 13.6. The number of urea groups is 1. The number of thioether (sulfide) groups is 1. The lowest BCUT2D eigenvalue weighted by Gasteiger charge is -2.09. The highest BCUT2D eigenvalue weighted by Gasteiger charge is 2.18. The minimum Gasteiger partial charge on any atom is -0.497 e. The van der Waals surface area contributed by atoms with Crippen LogP contribution < -0.4 is 15.4 Å². The highest BCUT2D eigenvalue weighted by Crippen LogP contribution is 2.27. The molecule has 0 fully saturated rings. The number of aromatic nitrogens is 3. The third-order valence-electron chi connectivity index (χ3n) is 3.75. The Labute approximate surface area is 165 Å². The second-order valence-corrected chi connectivity index (χ2v) is 6.56. The molecule has 28 heavy (non-hydrogen) atoms. The number of ether oxygens (including phenoxy) is 1. The van der Waals surface area contributed by atoms with Crippen LogP contribution in [0.5, 0.6) is 5.75 Å². The third kappa shape index (κ3) is 4.71. The fourth-order valence-corrected chi connectivity index (χ4v) is 3.17. The molecule has 2 aromatic heterocycles. The molecule has 3 amide bonds. The zero-order valence-corrected chi connectivity index (χ0v) is 16.2. The van der Waals surface area contributed by atoms with Gasteiger partial charge in [0.15, 0.2) is 11.0 Å². The van der Waals surface area contributed by atoms with Crippen LogP contribution in [0.25, 0.3) is 11.4 Å². The van der Waals surface area contributed by atoms with E-state index in [4.69, 9.17) is 9.15 Å². The molecule has 0 radical (unpaired) electrons. The van der Waals surface area contributed by atoms with Crippen LogP contribution in [0.3, 0.4) is 0 Å². The highest BCUT2D eigenvalue weighted by molar-refractivity contribution is 7.99. The van der Waals surface area contributed by atoms with Crippen molar-refractivity contribution in [2.45, 2.75) is 11.7 Å². The number of benzene rings is 1. The molecule has 9 nitrogen and oxygen atoms in total. The van der Waals surface area contributed by atoms with E-state index < -0.39 is 11.9 Å². The second kappa shape index (κ2) is 9.09. The van der Waals surface area contributed by atoms with Gasteiger partial charge in [0, 0.05) is 12.6 Å². The van der Waals surface area contributed by atoms with Crippen molar-refractivity contribution in [2.24, 2.45) is 0 Å². The average molecular weight is 401 g/mol. The predicted octanol–water partition coefficient (Wildman–Crippen LogP) is 2.14. The molecule has 3 rings (SSSR count). The van der Waals surface area contributed by atoms with E-state index in [0.717, 1.165) is 11.3 Å². The predicted molar refractivity (Wildman–Crippen MR) is 103 cm³/mol. The van der Waals surface area contributed by atoms with Gasteiger partial charge in [0.05, 0.1) is 25.7 Å². The van der Waals surface area contributed by atoms with Crippen molar-refractivity contribution < 1.29 is 18.7 Å². The van der Waals surface area contributed by atoms with E-state index in [1.54, 1.807) is 19.4 Å². The standard InChI is InChI=1S/C18H19N5O4S/c1-19-17(25)20-15(24)11-28-18-22-21-16(12-5-3-6-13(9-12)26-2)23(18)10-14-7-4-8-27-14/h3-9H,10-11H2,1-2H3,(H2,19,20,24,25). The van der Waals surface area contributed by atoms with Crippen LogP contribution in [0.1, 0.15) is 5.76 Å². The van der Waals surface area contributed by atoms with Gasteiger partial charge in [-0.15, -0.1) is 10.2 Å². The van der Waals surface area contributed by atoms with Gasteiger partial charge in [-0.2, -0.15) is 0 Å². The van der Waals surface area contributed by atoms with Crippen molar-refractivity contribution in [1.29, 1.82) is 0 Å². The number of hydrogen-bond donors (Lipinski definition) is 2. The Balaban J connectivity index is 1.86. The minimum absolute atomic E-state index is 0.0157. The Hall–Kier alpha value is -3.27. The molecule has 0 atom stereocenters. The van der Waals surface area contributed by atoms with E-state index in [1.165, 1.54) is 18.8 Å². The maximum absolute atomic E-state index is 11.9. The van der Waals surface area contributed by atoms with E-state index in [1.807, 2.05) is 34.9 Å². The first-order valence-corrected chi connectivity index (χ1v) is 9.33. The number of furan rings is 1. The highest BCUT2D eigenvalue weighted by atomic mass is 32.2. The topological polar surface area (TPSA) is 111 Å². The third-order valence-corrected chi connectivity index (χ3v) is 4.72. The van der Waals surface area contributed by atoms with E-state index in [9.17, 15) is 9.59 Å². The van der Waals surface area contributed by atoms with Gasteiger partial charge in [-0.25, -0.2) is 4.79 Å². The lowest BCUT2D eigenvalue weighted by molar-refractivity contribution is -0.117. The normalized spacial score (nSPS) is 10.5. The molecule has 0 spiro atoms. The van der Waals surface area contributed by atoms with E-state index in [-0.39, 0.29) is 5.75 Å². The summed E-state index contributed by atoms with van der Waals surface area (Å²) in [6.07, 6.45) is 1.59. The number of hydrogen-bond acceptors (Lipinski definition) is 7. The van der Waals surface area contributed by atoms with Crippen molar-refractivity contribution in [1.82, 2.24) is 25.4 Å². The van der Waals surface area contributed by atoms with Crippen molar-refractivity contribution in [3.63, 3.8) is 0 Å². The van der Waals surface area contributed by atoms with Gasteiger partial charge in [-0.05, 0) is 24.3 Å². The molecule has 1 aromatic carbocycles. The zero-order valence-electron chi connectivity index (χ0n) is 15.3. The first-order chi connectivity index (χ1) is 13.6. The quantitative estimate of drug-likeness (QED) is 0.584. The molecule has 0 unspecified atom stereocenters. The Morgan fingerprint density at radius 3 is 2.82 bits per heavy atom. The SMILES string of the molecule is CNC(=O)NC(=O)CSc1nnc(-c2cccc(OC)c2)n1Cc1ccco1. The number of amides is 3. The molecule has 0 saturated carbocycles. The number of methoxy groups -OCH3 is 1. The number of rotatable bonds is 7. The molecule has 3 aromatic rings. The number of carbonyl (C=O) groups excluding carboxylic acids is 2. The van der Waals surface area contributed by atoms with Crippen LogP contribution in [0.15, 0.2) is 52.2 Å². The largest absolute Gasteiger partial charge is 0.497 e. The molecule has 10 heteroatoms. The summed E-state index contributed by atoms with van der Waals surface area (Å²) < 4.78 is 12.6. The van der Waals surface area contributed by atoms with Gasteiger partial charge in [0.2, 0.25) is 5.91 Å². The fraction of sp³-hybridized carbons (Fsp3) is 0.222. The van der Waals surface area contributed by atoms with Crippen molar-refractivity contribution in [2.75, 3.05) is 19.9 Å². The number of nitrogens with zero attached hydrogens (tertiary/aromatic N) is 3. The first kappa shape index (κ1) is 19.5. The van der Waals surface area contributed by atoms with Gasteiger partial charge in [-0.3, -0.25) is 14.7 Å². The first-order valence-electron chi connectivity index (χ1n) is 8.35. The van der Waals surface area contributed by atoms with Crippen LogP contribution in [0.4, 0.5) is 4.79 Å². The molecule has 2 heterocycles. The smallest absolute Gasteiger partial charge is 0.321 e. The average Bonchev–Trinajstić information content (AvgIpc) is 3.36. The zero-order chi connectivity index (χ0) is 19.9. The van der Waals surface area contributed by atoms with E-state index in [0.29, 0.717) is 23.3 Å². The van der Waals surface area contributed by atoms with Crippen LogP contribution in [-0.2, 0) is 11.3 Å². The Kier molecular flexibility index (Phi) is 6.33. The molecule has 0 bridgehead atoms. The Bertz CT molecular complexity index is 955. The lowest BCUT2D eigenvalue weighted by Crippen LogP contribution is -2.38. The molecule has 0 aliphatic carbocycles. The molecular formula is C18H19N5O4S. The van der Waals surface area contributed by atoms with Gasteiger partial charge < -0.3 is 14.5 Å². The van der Waals surface area contributed by atoms with Gasteiger partial charge >= 0.3 is 6.03 Å². The maximum atomic E-state index is 11.9. The van der Waals surface area contributed by atoms with E-state index >= 15 is 0 Å². The summed E-state index contributed by atoms with van der Waals surface area (Å²) >= 11 is 1.18. The molecule has 146 valence electrons. The number of imide groups is 1. The molecule has 0 aliphatic heterocycles. The van der Waals surface area contributed by atoms with Crippen LogP contribution >= 0.6 is 11.8 Å². The Morgan fingerprint density at radius 1 is 1.25 bits per heavy atom. The second-order valence-electron chi connectivity index (χ2n) is 5.62. The summed E-state index contributed by atoms with van der Waals surface area (Å²) in [7, 11) is 3.04. The van der Waals surface area contributed by atoms with Gasteiger partial charge in [0.1, 0.15) is 11.5 Å². The lowest BCUT2D eigenvalue weighted by atomic mass is 10.2. The monoisotopic (exact) mass is 401 g/mol. The van der Waals surface area contributed by atoms with Crippen molar-refractivity contribution >= 4 is 23.7 Å². The summed E-state index contributed by atoms with van der Waals surface area (Å²) in [4.78, 5) is 23.1. The number of carbonyl (C=O) groups is 2.